The van der Waals surface area contributed by atoms with E-state index in [-0.39, 0.29) is 16.9 Å². The Kier molecular flexibility index (Phi) is 3.43. The van der Waals surface area contributed by atoms with Gasteiger partial charge in [-0.3, -0.25) is 9.67 Å². The molecule has 4 aromatic rings. The van der Waals surface area contributed by atoms with E-state index in [0.717, 1.165) is 5.69 Å². The number of hydrogen-bond donors (Lipinski definition) is 2. The molecular weight excluding hydrogens is 346 g/mol. The molecule has 0 saturated carbocycles. The molecule has 0 bridgehead atoms. The number of H-pyrrole nitrogens is 1. The Balaban J connectivity index is 1.93. The molecule has 9 heteroatoms. The molecule has 0 unspecified atom stereocenters. The molecule has 2 heterocycles. The van der Waals surface area contributed by atoms with Gasteiger partial charge in [0.1, 0.15) is 11.5 Å². The summed E-state index contributed by atoms with van der Waals surface area (Å²) in [5, 5.41) is 17.2. The van der Waals surface area contributed by atoms with Crippen LogP contribution in [0, 0.1) is 4.77 Å². The third-order valence-electron chi connectivity index (χ3n) is 3.69. The standard InChI is InChI=1S/C16H11N3O5S/c1-22-9-4-2-8(3-5-9)19-14(17-18-15(19)25)10-6-12-13(7-11(10)20)24-16(21)23-12/h2-7,20H,1H3,(H,18,25). The molecule has 2 aromatic carbocycles. The molecule has 4 rings (SSSR count). The van der Waals surface area contributed by atoms with Gasteiger partial charge in [0.15, 0.2) is 21.8 Å². The van der Waals surface area contributed by atoms with Crippen molar-refractivity contribution in [1.29, 1.82) is 0 Å². The van der Waals surface area contributed by atoms with E-state index in [0.29, 0.717) is 21.9 Å². The Bertz CT molecular complexity index is 1180. The molecule has 2 aromatic heterocycles. The summed E-state index contributed by atoms with van der Waals surface area (Å²) in [6.07, 6.45) is 0. The number of aromatic amines is 1. The Hall–Kier alpha value is -3.33. The van der Waals surface area contributed by atoms with Crippen molar-refractivity contribution in [3.63, 3.8) is 0 Å². The number of aromatic nitrogens is 3. The third kappa shape index (κ3) is 2.50. The summed E-state index contributed by atoms with van der Waals surface area (Å²) < 4.78 is 16.9. The van der Waals surface area contributed by atoms with Gasteiger partial charge in [0.2, 0.25) is 0 Å². The number of nitrogens with one attached hydrogen (secondary N) is 1. The number of phenolic OH excluding ortho intramolecular Hbond substituents is 1. The number of fused-ring (bicyclic) bond motifs is 1. The van der Waals surface area contributed by atoms with E-state index >= 15 is 0 Å². The van der Waals surface area contributed by atoms with Crippen molar-refractivity contribution >= 4 is 23.4 Å². The number of ether oxygens (including phenoxy) is 1. The van der Waals surface area contributed by atoms with Crippen LogP contribution in [0.25, 0.3) is 28.2 Å². The summed E-state index contributed by atoms with van der Waals surface area (Å²) in [4.78, 5) is 11.2. The van der Waals surface area contributed by atoms with Crippen molar-refractivity contribution in [1.82, 2.24) is 14.8 Å². The summed E-state index contributed by atoms with van der Waals surface area (Å²) >= 11 is 5.30. The fourth-order valence-corrected chi connectivity index (χ4v) is 2.77. The quantitative estimate of drug-likeness (QED) is 0.543. The SMILES string of the molecule is COc1ccc(-n2c(-c3cc4oc(=O)oc4cc3O)n[nH]c2=S)cc1. The van der Waals surface area contributed by atoms with Crippen molar-refractivity contribution in [3.8, 4) is 28.6 Å². The van der Waals surface area contributed by atoms with Gasteiger partial charge >= 0.3 is 5.82 Å². The third-order valence-corrected chi connectivity index (χ3v) is 3.97. The second-order valence-electron chi connectivity index (χ2n) is 5.16. The lowest BCUT2D eigenvalue weighted by Crippen LogP contribution is -1.98. The topological polar surface area (TPSA) is 106 Å². The Morgan fingerprint density at radius 1 is 1.20 bits per heavy atom. The molecule has 25 heavy (non-hydrogen) atoms. The molecule has 0 atom stereocenters. The summed E-state index contributed by atoms with van der Waals surface area (Å²) in [6.45, 7) is 0. The minimum atomic E-state index is -0.847. The molecule has 0 aliphatic heterocycles. The van der Waals surface area contributed by atoms with Gasteiger partial charge in [-0.25, -0.2) is 4.79 Å². The number of hydrogen-bond acceptors (Lipinski definition) is 7. The lowest BCUT2D eigenvalue weighted by Gasteiger charge is -2.09. The van der Waals surface area contributed by atoms with Crippen molar-refractivity contribution in [2.75, 3.05) is 7.11 Å². The van der Waals surface area contributed by atoms with Crippen LogP contribution in [0.3, 0.4) is 0 Å². The zero-order valence-corrected chi connectivity index (χ0v) is 13.7. The number of rotatable bonds is 3. The average Bonchev–Trinajstić information content (AvgIpc) is 3.15. The van der Waals surface area contributed by atoms with Crippen LogP contribution < -0.4 is 10.6 Å². The molecule has 8 nitrogen and oxygen atoms in total. The molecule has 0 aliphatic rings. The molecule has 0 saturated heterocycles. The van der Waals surface area contributed by atoms with E-state index in [2.05, 4.69) is 10.2 Å². The maximum Gasteiger partial charge on any atom is 0.519 e. The zero-order chi connectivity index (χ0) is 17.6. The normalized spacial score (nSPS) is 11.1. The fourth-order valence-electron chi connectivity index (χ4n) is 2.54. The van der Waals surface area contributed by atoms with Gasteiger partial charge in [0, 0.05) is 6.07 Å². The van der Waals surface area contributed by atoms with Crippen LogP contribution in [0.5, 0.6) is 11.5 Å². The summed E-state index contributed by atoms with van der Waals surface area (Å²) in [6, 6.07) is 9.95. The van der Waals surface area contributed by atoms with Gasteiger partial charge in [0.25, 0.3) is 0 Å². The van der Waals surface area contributed by atoms with Gasteiger partial charge in [-0.05, 0) is 42.5 Å². The minimum absolute atomic E-state index is 0.124. The van der Waals surface area contributed by atoms with Gasteiger partial charge in [-0.1, -0.05) is 0 Å². The average molecular weight is 357 g/mol. The number of phenols is 1. The molecule has 0 radical (unpaired) electrons. The number of methoxy groups -OCH3 is 1. The van der Waals surface area contributed by atoms with E-state index in [4.69, 9.17) is 25.8 Å². The van der Waals surface area contributed by atoms with E-state index in [9.17, 15) is 9.90 Å². The molecule has 0 amide bonds. The van der Waals surface area contributed by atoms with Crippen molar-refractivity contribution < 1.29 is 18.7 Å². The second-order valence-corrected chi connectivity index (χ2v) is 5.54. The van der Waals surface area contributed by atoms with Gasteiger partial charge in [0.05, 0.1) is 18.4 Å². The van der Waals surface area contributed by atoms with Crippen LogP contribution in [0.2, 0.25) is 0 Å². The lowest BCUT2D eigenvalue weighted by atomic mass is 10.1. The summed E-state index contributed by atoms with van der Waals surface area (Å²) in [5.41, 5.74) is 1.41. The van der Waals surface area contributed by atoms with E-state index in [1.54, 1.807) is 35.9 Å². The monoisotopic (exact) mass is 357 g/mol. The molecule has 0 spiro atoms. The molecule has 2 N–H and O–H groups in total. The smallest absolute Gasteiger partial charge is 0.507 e. The highest BCUT2D eigenvalue weighted by Gasteiger charge is 2.18. The first-order chi connectivity index (χ1) is 12.1. The highest BCUT2D eigenvalue weighted by atomic mass is 32.1. The van der Waals surface area contributed by atoms with E-state index < -0.39 is 5.82 Å². The van der Waals surface area contributed by atoms with Crippen LogP contribution >= 0.6 is 12.2 Å². The molecular formula is C16H11N3O5S. The maximum atomic E-state index is 11.2. The molecule has 126 valence electrons. The maximum absolute atomic E-state index is 11.2. The Morgan fingerprint density at radius 3 is 2.56 bits per heavy atom. The zero-order valence-electron chi connectivity index (χ0n) is 12.8. The fraction of sp³-hybridized carbons (Fsp3) is 0.0625. The Morgan fingerprint density at radius 2 is 1.88 bits per heavy atom. The summed E-state index contributed by atoms with van der Waals surface area (Å²) in [5.74, 6) is 0.0875. The van der Waals surface area contributed by atoms with Crippen molar-refractivity contribution in [2.45, 2.75) is 0 Å². The first kappa shape index (κ1) is 15.2. The van der Waals surface area contributed by atoms with Gasteiger partial charge in [-0.2, -0.15) is 5.10 Å². The second kappa shape index (κ2) is 5.64. The van der Waals surface area contributed by atoms with Crippen LogP contribution in [-0.4, -0.2) is 27.0 Å². The van der Waals surface area contributed by atoms with E-state index in [1.165, 1.54) is 12.1 Å². The first-order valence-electron chi connectivity index (χ1n) is 7.15. The number of nitrogens with zero attached hydrogens (tertiary/aromatic N) is 2. The van der Waals surface area contributed by atoms with Crippen LogP contribution in [0.4, 0.5) is 0 Å². The lowest BCUT2D eigenvalue weighted by molar-refractivity contribution is 0.409. The highest BCUT2D eigenvalue weighted by Crippen LogP contribution is 2.33. The highest BCUT2D eigenvalue weighted by molar-refractivity contribution is 7.71. The van der Waals surface area contributed by atoms with Gasteiger partial charge < -0.3 is 18.7 Å². The van der Waals surface area contributed by atoms with Crippen molar-refractivity contribution in [3.05, 3.63) is 51.8 Å². The number of aromatic hydroxyl groups is 1. The largest absolute Gasteiger partial charge is 0.519 e. The van der Waals surface area contributed by atoms with Crippen molar-refractivity contribution in [2.24, 2.45) is 0 Å². The predicted molar refractivity (Wildman–Crippen MR) is 90.7 cm³/mol. The minimum Gasteiger partial charge on any atom is -0.507 e. The van der Waals surface area contributed by atoms with E-state index in [1.807, 2.05) is 0 Å². The Labute approximate surface area is 144 Å². The van der Waals surface area contributed by atoms with Crippen LogP contribution in [0.1, 0.15) is 0 Å². The van der Waals surface area contributed by atoms with Gasteiger partial charge in [-0.15, -0.1) is 0 Å². The number of benzene rings is 2. The summed E-state index contributed by atoms with van der Waals surface area (Å²) in [7, 11) is 1.58. The first-order valence-corrected chi connectivity index (χ1v) is 7.56. The predicted octanol–water partition coefficient (Wildman–Crippen LogP) is 3.01. The van der Waals surface area contributed by atoms with Crippen LogP contribution in [-0.2, 0) is 0 Å². The van der Waals surface area contributed by atoms with Crippen LogP contribution in [0.15, 0.2) is 50.0 Å². The molecule has 0 aliphatic carbocycles. The molecule has 0 fully saturated rings.